The fourth-order valence-corrected chi connectivity index (χ4v) is 2.83. The van der Waals surface area contributed by atoms with Gasteiger partial charge in [-0.15, -0.1) is 10.2 Å². The molecule has 92 valence electrons. The van der Waals surface area contributed by atoms with Gasteiger partial charge in [-0.25, -0.2) is 13.4 Å². The molecule has 2 aromatic heterocycles. The Morgan fingerprint density at radius 1 is 1.53 bits per heavy atom. The lowest BCUT2D eigenvalue weighted by molar-refractivity contribution is 0.463. The number of oxazole rings is 1. The van der Waals surface area contributed by atoms with Crippen LogP contribution in [-0.2, 0) is 16.6 Å². The van der Waals surface area contributed by atoms with E-state index >= 15 is 0 Å². The Kier molecular flexibility index (Phi) is 3.09. The molecule has 2 rings (SSSR count). The number of hydrogen-bond acceptors (Lipinski definition) is 8. The highest BCUT2D eigenvalue weighted by molar-refractivity contribution is 7.91. The first-order chi connectivity index (χ1) is 7.97. The minimum absolute atomic E-state index is 0.0460. The Morgan fingerprint density at radius 2 is 2.29 bits per heavy atom. The van der Waals surface area contributed by atoms with E-state index in [0.29, 0.717) is 5.76 Å². The predicted molar refractivity (Wildman–Crippen MR) is 59.6 cm³/mol. The molecule has 10 heteroatoms. The van der Waals surface area contributed by atoms with Gasteiger partial charge in [0.05, 0.1) is 12.7 Å². The predicted octanol–water partition coefficient (Wildman–Crippen LogP) is -0.105. The third kappa shape index (κ3) is 2.78. The number of nitrogen functional groups attached to an aromatic ring is 1. The van der Waals surface area contributed by atoms with E-state index in [2.05, 4.69) is 19.9 Å². The van der Waals surface area contributed by atoms with E-state index in [1.54, 1.807) is 6.92 Å². The zero-order valence-electron chi connectivity index (χ0n) is 8.74. The average molecular weight is 275 g/mol. The first kappa shape index (κ1) is 12.0. The van der Waals surface area contributed by atoms with Crippen LogP contribution in [0.15, 0.2) is 15.0 Å². The summed E-state index contributed by atoms with van der Waals surface area (Å²) in [4.78, 5) is 3.87. The topological polar surface area (TPSA) is 124 Å². The van der Waals surface area contributed by atoms with Crippen LogP contribution < -0.4 is 10.5 Å². The maximum Gasteiger partial charge on any atom is 0.270 e. The maximum atomic E-state index is 11.7. The third-order valence-electron chi connectivity index (χ3n) is 1.73. The molecule has 3 N–H and O–H groups in total. The molecule has 17 heavy (non-hydrogen) atoms. The fraction of sp³-hybridized carbons (Fsp3) is 0.286. The van der Waals surface area contributed by atoms with Crippen LogP contribution in [0.1, 0.15) is 11.7 Å². The zero-order valence-corrected chi connectivity index (χ0v) is 10.4. The fourth-order valence-electron chi connectivity index (χ4n) is 1.03. The van der Waals surface area contributed by atoms with Crippen LogP contribution >= 0.6 is 11.3 Å². The van der Waals surface area contributed by atoms with Gasteiger partial charge in [0.25, 0.3) is 10.0 Å². The van der Waals surface area contributed by atoms with Crippen molar-refractivity contribution in [2.24, 2.45) is 0 Å². The summed E-state index contributed by atoms with van der Waals surface area (Å²) in [6, 6.07) is 0. The van der Waals surface area contributed by atoms with E-state index in [1.165, 1.54) is 6.20 Å². The Labute approximate surface area is 101 Å². The van der Waals surface area contributed by atoms with E-state index in [4.69, 9.17) is 10.2 Å². The van der Waals surface area contributed by atoms with Crippen molar-refractivity contribution in [3.63, 3.8) is 0 Å². The van der Waals surface area contributed by atoms with Gasteiger partial charge in [-0.2, -0.15) is 4.72 Å². The van der Waals surface area contributed by atoms with Crippen LogP contribution in [0.4, 0.5) is 5.13 Å². The molecule has 0 atom stereocenters. The number of anilines is 1. The molecule has 0 unspecified atom stereocenters. The molecule has 2 heterocycles. The molecule has 0 spiro atoms. The summed E-state index contributed by atoms with van der Waals surface area (Å²) in [5.41, 5.74) is 5.31. The molecule has 0 aromatic carbocycles. The lowest BCUT2D eigenvalue weighted by Crippen LogP contribution is -2.23. The van der Waals surface area contributed by atoms with Crippen molar-refractivity contribution in [3.8, 4) is 0 Å². The van der Waals surface area contributed by atoms with Crippen molar-refractivity contribution in [1.29, 1.82) is 0 Å². The number of rotatable bonds is 4. The smallest absolute Gasteiger partial charge is 0.270 e. The van der Waals surface area contributed by atoms with Gasteiger partial charge in [-0.1, -0.05) is 11.3 Å². The lowest BCUT2D eigenvalue weighted by Gasteiger charge is -1.99. The van der Waals surface area contributed by atoms with Gasteiger partial charge in [0.2, 0.25) is 15.4 Å². The van der Waals surface area contributed by atoms with E-state index in [0.717, 1.165) is 11.3 Å². The Morgan fingerprint density at radius 3 is 2.82 bits per heavy atom. The number of nitrogens with two attached hydrogens (primary N) is 1. The number of hydrogen-bond donors (Lipinski definition) is 2. The van der Waals surface area contributed by atoms with E-state index < -0.39 is 10.0 Å². The van der Waals surface area contributed by atoms with Crippen molar-refractivity contribution in [2.75, 3.05) is 5.73 Å². The molecular weight excluding hydrogens is 266 g/mol. The van der Waals surface area contributed by atoms with Crippen LogP contribution in [0, 0.1) is 6.92 Å². The van der Waals surface area contributed by atoms with Gasteiger partial charge in [0.15, 0.2) is 0 Å². The van der Waals surface area contributed by atoms with Gasteiger partial charge < -0.3 is 10.2 Å². The van der Waals surface area contributed by atoms with E-state index in [-0.39, 0.29) is 21.9 Å². The molecule has 0 bridgehead atoms. The van der Waals surface area contributed by atoms with Crippen molar-refractivity contribution in [2.45, 2.75) is 17.8 Å². The minimum atomic E-state index is -3.71. The van der Waals surface area contributed by atoms with Gasteiger partial charge in [0, 0.05) is 0 Å². The van der Waals surface area contributed by atoms with Crippen LogP contribution in [0.5, 0.6) is 0 Å². The van der Waals surface area contributed by atoms with Crippen LogP contribution in [0.3, 0.4) is 0 Å². The molecule has 0 saturated carbocycles. The van der Waals surface area contributed by atoms with E-state index in [1.807, 2.05) is 0 Å². The highest BCUT2D eigenvalue weighted by atomic mass is 32.2. The Hall–Kier alpha value is -1.52. The maximum absolute atomic E-state index is 11.7. The van der Waals surface area contributed by atoms with E-state index in [9.17, 15) is 8.42 Å². The lowest BCUT2D eigenvalue weighted by atomic mass is 10.6. The second-order valence-corrected chi connectivity index (χ2v) is 6.05. The van der Waals surface area contributed by atoms with Gasteiger partial charge >= 0.3 is 0 Å². The average Bonchev–Trinajstić information content (AvgIpc) is 2.85. The molecule has 0 amide bonds. The van der Waals surface area contributed by atoms with Crippen LogP contribution in [0.25, 0.3) is 0 Å². The first-order valence-electron chi connectivity index (χ1n) is 4.47. The van der Waals surface area contributed by atoms with Gasteiger partial charge in [-0.3, -0.25) is 0 Å². The second kappa shape index (κ2) is 4.39. The number of nitrogens with zero attached hydrogens (tertiary/aromatic N) is 3. The quantitative estimate of drug-likeness (QED) is 0.798. The first-order valence-corrected chi connectivity index (χ1v) is 6.77. The minimum Gasteiger partial charge on any atom is -0.445 e. The summed E-state index contributed by atoms with van der Waals surface area (Å²) in [6.07, 6.45) is 1.51. The molecule has 0 aliphatic carbocycles. The number of aryl methyl sites for hydroxylation is 1. The van der Waals surface area contributed by atoms with Crippen molar-refractivity contribution in [1.82, 2.24) is 19.9 Å². The molecular formula is C7H9N5O3S2. The number of aromatic nitrogens is 3. The highest BCUT2D eigenvalue weighted by Gasteiger charge is 2.19. The zero-order chi connectivity index (χ0) is 12.5. The van der Waals surface area contributed by atoms with Gasteiger partial charge in [0.1, 0.15) is 5.76 Å². The molecule has 0 aliphatic rings. The summed E-state index contributed by atoms with van der Waals surface area (Å²) in [5, 5.41) is 6.97. The molecule has 0 aliphatic heterocycles. The monoisotopic (exact) mass is 275 g/mol. The largest absolute Gasteiger partial charge is 0.445 e. The van der Waals surface area contributed by atoms with Crippen LogP contribution in [-0.4, -0.2) is 23.6 Å². The standard InChI is InChI=1S/C7H9N5O3S2/c1-4-2-9-5(15-4)3-10-17(13,14)7-12-11-6(8)16-7/h2,10H,3H2,1H3,(H2,8,11). The molecule has 0 radical (unpaired) electrons. The summed E-state index contributed by atoms with van der Waals surface area (Å²) in [6.45, 7) is 1.67. The Balaban J connectivity index is 2.08. The Bertz CT molecular complexity index is 617. The second-order valence-electron chi connectivity index (χ2n) is 3.10. The van der Waals surface area contributed by atoms with Crippen molar-refractivity contribution in [3.05, 3.63) is 17.8 Å². The molecule has 2 aromatic rings. The van der Waals surface area contributed by atoms with Crippen LogP contribution in [0.2, 0.25) is 0 Å². The summed E-state index contributed by atoms with van der Waals surface area (Å²) in [5.74, 6) is 0.892. The summed E-state index contributed by atoms with van der Waals surface area (Å²) in [7, 11) is -3.71. The van der Waals surface area contributed by atoms with Crippen molar-refractivity contribution >= 4 is 26.5 Å². The summed E-state index contributed by atoms with van der Waals surface area (Å²) < 4.78 is 30.6. The molecule has 0 fully saturated rings. The van der Waals surface area contributed by atoms with Crippen molar-refractivity contribution < 1.29 is 12.8 Å². The number of sulfonamides is 1. The highest BCUT2D eigenvalue weighted by Crippen LogP contribution is 2.16. The van der Waals surface area contributed by atoms with Gasteiger partial charge in [-0.05, 0) is 6.92 Å². The molecule has 8 nitrogen and oxygen atoms in total. The summed E-state index contributed by atoms with van der Waals surface area (Å²) >= 11 is 0.789. The molecule has 0 saturated heterocycles. The normalized spacial score (nSPS) is 11.8. The SMILES string of the molecule is Cc1cnc(CNS(=O)(=O)c2nnc(N)s2)o1. The number of nitrogens with one attached hydrogen (secondary N) is 1. The third-order valence-corrected chi connectivity index (χ3v) is 4.26.